The van der Waals surface area contributed by atoms with Gasteiger partial charge in [0.25, 0.3) is 0 Å². The van der Waals surface area contributed by atoms with Crippen LogP contribution in [0.2, 0.25) is 0 Å². The largest absolute Gasteiger partial charge is 0.432 e. The van der Waals surface area contributed by atoms with Crippen molar-refractivity contribution in [2.75, 3.05) is 9.80 Å². The number of hydrogen-bond donors (Lipinski definition) is 0. The summed E-state index contributed by atoms with van der Waals surface area (Å²) in [6.45, 7) is -4.35. The van der Waals surface area contributed by atoms with Gasteiger partial charge >= 0.3 is 5.85 Å². The Labute approximate surface area is 376 Å². The van der Waals surface area contributed by atoms with Crippen LogP contribution >= 0.6 is 0 Å². The van der Waals surface area contributed by atoms with Crippen molar-refractivity contribution >= 4 is 17.1 Å². The molecule has 0 amide bonds. The fourth-order valence-corrected chi connectivity index (χ4v) is 9.39. The average molecular weight is 790 g/mol. The third-order valence-electron chi connectivity index (χ3n) is 12.1. The van der Waals surface area contributed by atoms with Crippen molar-refractivity contribution in [1.82, 2.24) is 0 Å². The number of para-hydroxylation sites is 2. The van der Waals surface area contributed by atoms with E-state index in [0.29, 0.717) is 56.2 Å². The summed E-state index contributed by atoms with van der Waals surface area (Å²) in [7, 11) is 0. The van der Waals surface area contributed by atoms with Crippen molar-refractivity contribution < 1.29 is 35.3 Å². The first-order valence-electron chi connectivity index (χ1n) is 29.3. The summed E-state index contributed by atoms with van der Waals surface area (Å²) in [5.74, 6) is -1.51. The fraction of sp³-hybridized carbons (Fsp3) is 0.255. The number of benzene rings is 6. The van der Waals surface area contributed by atoms with Crippen molar-refractivity contribution in [2.45, 2.75) is 90.8 Å². The predicted molar refractivity (Wildman–Crippen MR) is 243 cm³/mol. The highest BCUT2D eigenvalue weighted by molar-refractivity contribution is 6.02. The first kappa shape index (κ1) is 21.2. The minimum Gasteiger partial charge on any atom is -0.410 e. The van der Waals surface area contributed by atoms with E-state index in [1.807, 2.05) is 109 Å². The van der Waals surface area contributed by atoms with Gasteiger partial charge in [0.15, 0.2) is 6.17 Å². The van der Waals surface area contributed by atoms with Gasteiger partial charge in [0.2, 0.25) is 5.69 Å². The van der Waals surface area contributed by atoms with E-state index in [1.165, 1.54) is 4.57 Å². The molecule has 6 aromatic carbocycles. The molecule has 4 nitrogen and oxygen atoms in total. The highest BCUT2D eigenvalue weighted by atomic mass is 16.5. The maximum Gasteiger partial charge on any atom is 0.432 e. The Kier molecular flexibility index (Phi) is 4.39. The maximum atomic E-state index is 10.3. The lowest BCUT2D eigenvalue weighted by atomic mass is 9.79. The molecule has 0 aliphatic carbocycles. The molecule has 1 aromatic heterocycles. The van der Waals surface area contributed by atoms with Crippen LogP contribution in [0.25, 0.3) is 44.6 Å². The average Bonchev–Trinajstić information content (AvgIpc) is 4.02. The van der Waals surface area contributed by atoms with E-state index in [-0.39, 0.29) is 17.2 Å². The van der Waals surface area contributed by atoms with E-state index in [0.717, 1.165) is 16.7 Å². The van der Waals surface area contributed by atoms with Gasteiger partial charge in [-0.25, -0.2) is 4.90 Å². The number of ether oxygens (including phenoxy) is 1. The Hall–Kier alpha value is -6.13. The summed E-state index contributed by atoms with van der Waals surface area (Å²) in [6, 6.07) is 23.9. The van der Waals surface area contributed by atoms with Gasteiger partial charge in [0.05, 0.1) is 25.2 Å². The third-order valence-corrected chi connectivity index (χ3v) is 12.1. The Morgan fingerprint density at radius 3 is 2.25 bits per heavy atom. The number of fused-ring (bicyclic) bond motifs is 5. The Bertz CT molecular complexity index is 3690. The number of anilines is 3. The minimum atomic E-state index is -3.95. The Balaban J connectivity index is 1.24. The van der Waals surface area contributed by atoms with Gasteiger partial charge in [0.1, 0.15) is 18.8 Å². The smallest absolute Gasteiger partial charge is 0.410 e. The monoisotopic (exact) mass is 790 g/mol. The number of rotatable bonds is 4. The highest BCUT2D eigenvalue weighted by Gasteiger charge is 2.70. The summed E-state index contributed by atoms with van der Waals surface area (Å²) >= 11 is 0. The van der Waals surface area contributed by atoms with Crippen LogP contribution in [0.4, 0.5) is 17.1 Å². The van der Waals surface area contributed by atoms with Crippen LogP contribution in [0, 0.1) is 6.85 Å². The van der Waals surface area contributed by atoms with E-state index in [9.17, 15) is 9.60 Å². The van der Waals surface area contributed by atoms with Crippen LogP contribution in [0.5, 0.6) is 5.75 Å². The molecule has 0 radical (unpaired) electrons. The summed E-state index contributed by atoms with van der Waals surface area (Å²) in [6.07, 6.45) is -1.56. The second kappa shape index (κ2) is 12.2. The summed E-state index contributed by atoms with van der Waals surface area (Å²) in [5.41, 5.74) is 0.434. The standard InChI is InChI=1S/C55H52N3O/c1-33(2)40-15-10-11-16-41(40)37-23-26-46(34(3)29-37)57-47-19-14-18-42-44-31-39(54(7,8)9)32-45-48-30-36(35-21-24-38(25-22-35)53(4,5)6)27-28-56(48)55(50(44)45)58(51(42)47)52(57)43-17-12-13-20-49(43)59-55/h10-33,52H,1-9H3/q+1/i3D3,4D3,5D3,6D3,21D,22D,24D,25D,27D,28D,30D. The Morgan fingerprint density at radius 2 is 1.47 bits per heavy atom. The van der Waals surface area contributed by atoms with Gasteiger partial charge < -0.3 is 9.64 Å². The molecule has 4 aliphatic heterocycles. The molecule has 4 aliphatic rings. The normalized spacial score (nSPS) is 23.6. The van der Waals surface area contributed by atoms with Gasteiger partial charge in [-0.2, -0.15) is 0 Å². The molecule has 5 heterocycles. The van der Waals surface area contributed by atoms with E-state index in [4.69, 9.17) is 21.2 Å². The van der Waals surface area contributed by atoms with Crippen LogP contribution in [0.15, 0.2) is 139 Å². The van der Waals surface area contributed by atoms with Gasteiger partial charge in [-0.05, 0) is 105 Å². The highest BCUT2D eigenvalue weighted by Crippen LogP contribution is 2.67. The van der Waals surface area contributed by atoms with E-state index in [2.05, 4.69) is 13.8 Å². The lowest BCUT2D eigenvalue weighted by molar-refractivity contribution is -0.774. The summed E-state index contributed by atoms with van der Waals surface area (Å²) in [4.78, 5) is 3.91. The molecule has 2 atom stereocenters. The molecule has 7 aromatic rings. The third kappa shape index (κ3) is 4.98. The van der Waals surface area contributed by atoms with Crippen LogP contribution in [0.3, 0.4) is 0 Å². The van der Waals surface area contributed by atoms with Crippen LogP contribution in [-0.4, -0.2) is 0 Å². The molecule has 59 heavy (non-hydrogen) atoms. The topological polar surface area (TPSA) is 19.6 Å². The molecule has 0 saturated heterocycles. The minimum absolute atomic E-state index is 0.0432. The number of aromatic nitrogens is 1. The Morgan fingerprint density at radius 1 is 0.712 bits per heavy atom. The number of hydrogen-bond acceptors (Lipinski definition) is 3. The number of aryl methyl sites for hydroxylation is 1. The number of pyridine rings is 1. The van der Waals surface area contributed by atoms with Crippen molar-refractivity contribution in [1.29, 1.82) is 0 Å². The first-order chi connectivity index (χ1) is 36.2. The zero-order valence-corrected chi connectivity index (χ0v) is 33.1. The lowest BCUT2D eigenvalue weighted by Crippen LogP contribution is -2.71. The van der Waals surface area contributed by atoms with E-state index >= 15 is 0 Å². The lowest BCUT2D eigenvalue weighted by Gasteiger charge is -2.47. The quantitative estimate of drug-likeness (QED) is 0.166. The molecule has 0 N–H and O–H groups in total. The van der Waals surface area contributed by atoms with E-state index < -0.39 is 109 Å². The molecule has 0 saturated carbocycles. The molecule has 11 rings (SSSR count). The molecule has 2 unspecified atom stereocenters. The van der Waals surface area contributed by atoms with Gasteiger partial charge in [-0.15, -0.1) is 4.57 Å². The predicted octanol–water partition coefficient (Wildman–Crippen LogP) is 13.7. The van der Waals surface area contributed by atoms with Crippen LogP contribution in [0.1, 0.15) is 127 Å². The second-order valence-electron chi connectivity index (χ2n) is 17.1. The second-order valence-corrected chi connectivity index (χ2v) is 17.1. The van der Waals surface area contributed by atoms with Crippen molar-refractivity contribution in [3.05, 3.63) is 173 Å². The number of nitrogens with zero attached hydrogens (tertiary/aromatic N) is 3. The van der Waals surface area contributed by atoms with Crippen LogP contribution < -0.4 is 19.1 Å². The maximum absolute atomic E-state index is 10.3. The van der Waals surface area contributed by atoms with Gasteiger partial charge in [0, 0.05) is 50.9 Å². The molecular formula is C55H52N3O+. The van der Waals surface area contributed by atoms with Crippen LogP contribution in [-0.2, 0) is 16.7 Å². The van der Waals surface area contributed by atoms with Crippen molar-refractivity contribution in [3.63, 3.8) is 0 Å². The van der Waals surface area contributed by atoms with Crippen molar-refractivity contribution in [2.24, 2.45) is 0 Å². The summed E-state index contributed by atoms with van der Waals surface area (Å²) in [5, 5.41) is 0. The fourth-order valence-electron chi connectivity index (χ4n) is 9.39. The van der Waals surface area contributed by atoms with Crippen molar-refractivity contribution in [3.8, 4) is 50.4 Å². The van der Waals surface area contributed by atoms with Gasteiger partial charge in [-0.3, -0.25) is 0 Å². The molecule has 4 heteroatoms. The first-order valence-corrected chi connectivity index (χ1v) is 19.8. The SMILES string of the molecule is [2H]c1c([2H])c(C(C([2H])([2H])[2H])(C([2H])([2H])[2H])C([2H])([2H])[2H])c([2H])c([2H])c1-c1c([2H])c([2H])[n+]2c(c1[2H])-c1cc(C(C)(C)C)cc3c1C21Oc2ccccc2C2N(c4ccc(-c5ccccc5C(C)C)cc4C([2H])([2H])[2H])c4cccc-3c4N21. The molecule has 0 bridgehead atoms. The van der Waals surface area contributed by atoms with Gasteiger partial charge in [-0.1, -0.05) is 140 Å². The summed E-state index contributed by atoms with van der Waals surface area (Å²) < 4.78 is 179. The molecular weight excluding hydrogens is 719 g/mol. The zero-order valence-electron chi connectivity index (χ0n) is 52.1. The zero-order chi connectivity index (χ0) is 56.8. The molecule has 0 fully saturated rings. The van der Waals surface area contributed by atoms with E-state index in [1.54, 1.807) is 18.2 Å². The molecule has 292 valence electrons. The molecule has 1 spiro atoms.